The number of methoxy groups -OCH3 is 1. The van der Waals surface area contributed by atoms with Gasteiger partial charge in [0.05, 0.1) is 19.4 Å². The molecule has 1 aliphatic heterocycles. The van der Waals surface area contributed by atoms with Gasteiger partial charge in [0.15, 0.2) is 11.5 Å². The van der Waals surface area contributed by atoms with E-state index in [0.717, 1.165) is 46.8 Å². The Labute approximate surface area is 191 Å². The Balaban J connectivity index is 0.00000210. The molecule has 29 heavy (non-hydrogen) atoms. The van der Waals surface area contributed by atoms with Crippen molar-refractivity contribution in [1.29, 1.82) is 0 Å². The van der Waals surface area contributed by atoms with Crippen molar-refractivity contribution in [2.75, 3.05) is 40.4 Å². The van der Waals surface area contributed by atoms with Gasteiger partial charge in [0.1, 0.15) is 5.01 Å². The Hall–Kier alpha value is -1.05. The first-order chi connectivity index (χ1) is 13.2. The molecule has 0 spiro atoms. The van der Waals surface area contributed by atoms with E-state index in [1.54, 1.807) is 18.4 Å². The van der Waals surface area contributed by atoms with Crippen LogP contribution >= 0.6 is 36.2 Å². The fourth-order valence-corrected chi connectivity index (χ4v) is 4.41. The molecule has 8 heteroatoms. The van der Waals surface area contributed by atoms with Crippen molar-refractivity contribution in [2.24, 2.45) is 5.92 Å². The Morgan fingerprint density at radius 3 is 2.62 bits per heavy atom. The van der Waals surface area contributed by atoms with Crippen LogP contribution in [0.4, 0.5) is 0 Å². The van der Waals surface area contributed by atoms with Crippen molar-refractivity contribution in [3.8, 4) is 22.1 Å². The van der Waals surface area contributed by atoms with Crippen molar-refractivity contribution in [3.05, 3.63) is 29.3 Å². The zero-order chi connectivity index (χ0) is 19.1. The van der Waals surface area contributed by atoms with Gasteiger partial charge < -0.3 is 14.8 Å². The average Bonchev–Trinajstić information content (AvgIpc) is 3.16. The van der Waals surface area contributed by atoms with Gasteiger partial charge in [-0.1, -0.05) is 0 Å². The van der Waals surface area contributed by atoms with Gasteiger partial charge in [0, 0.05) is 17.5 Å². The number of rotatable bonds is 9. The number of ether oxygens (including phenoxy) is 2. The number of nitrogens with zero attached hydrogens (tertiary/aromatic N) is 2. The van der Waals surface area contributed by atoms with E-state index in [2.05, 4.69) is 21.7 Å². The van der Waals surface area contributed by atoms with Crippen LogP contribution in [-0.4, -0.2) is 50.3 Å². The van der Waals surface area contributed by atoms with Crippen LogP contribution in [0.25, 0.3) is 10.6 Å². The number of thiazole rings is 1. The summed E-state index contributed by atoms with van der Waals surface area (Å²) in [7, 11) is 3.71. The summed E-state index contributed by atoms with van der Waals surface area (Å²) in [6.45, 7) is 7.04. The van der Waals surface area contributed by atoms with Crippen LogP contribution in [0.2, 0.25) is 0 Å². The maximum absolute atomic E-state index is 5.60. The van der Waals surface area contributed by atoms with E-state index in [4.69, 9.17) is 14.5 Å². The van der Waals surface area contributed by atoms with Gasteiger partial charge in [0.2, 0.25) is 0 Å². The summed E-state index contributed by atoms with van der Waals surface area (Å²) >= 11 is 1.70. The first-order valence-electron chi connectivity index (χ1n) is 9.86. The van der Waals surface area contributed by atoms with E-state index in [9.17, 15) is 0 Å². The highest BCUT2D eigenvalue weighted by atomic mass is 35.5. The molecular formula is C21H33Cl2N3O2S. The highest BCUT2D eigenvalue weighted by molar-refractivity contribution is 7.13. The molecule has 0 bridgehead atoms. The minimum Gasteiger partial charge on any atom is -0.493 e. The second-order valence-corrected chi connectivity index (χ2v) is 7.91. The lowest BCUT2D eigenvalue weighted by molar-refractivity contribution is 0.171. The molecule has 1 fully saturated rings. The number of halogens is 2. The van der Waals surface area contributed by atoms with E-state index < -0.39 is 0 Å². The van der Waals surface area contributed by atoms with E-state index in [0.29, 0.717) is 6.61 Å². The van der Waals surface area contributed by atoms with Gasteiger partial charge in [0.25, 0.3) is 0 Å². The van der Waals surface area contributed by atoms with Crippen LogP contribution < -0.4 is 14.8 Å². The normalized spacial score (nSPS) is 14.7. The van der Waals surface area contributed by atoms with Crippen LogP contribution in [0.15, 0.2) is 23.6 Å². The van der Waals surface area contributed by atoms with Crippen LogP contribution in [0, 0.1) is 5.92 Å². The Bertz CT molecular complexity index is 722. The number of nitrogens with one attached hydrogen (secondary N) is 1. The molecular weight excluding hydrogens is 429 g/mol. The summed E-state index contributed by atoms with van der Waals surface area (Å²) in [5.41, 5.74) is 2.24. The first-order valence-corrected chi connectivity index (χ1v) is 10.7. The summed E-state index contributed by atoms with van der Waals surface area (Å²) < 4.78 is 11.1. The molecule has 2 heterocycles. The molecule has 0 saturated carbocycles. The Kier molecular flexibility index (Phi) is 11.9. The van der Waals surface area contributed by atoms with Crippen molar-refractivity contribution in [1.82, 2.24) is 15.2 Å². The Morgan fingerprint density at radius 2 is 1.97 bits per heavy atom. The van der Waals surface area contributed by atoms with E-state index in [1.165, 1.54) is 32.4 Å². The molecule has 5 nitrogen and oxygen atoms in total. The molecule has 0 aliphatic carbocycles. The van der Waals surface area contributed by atoms with Crippen molar-refractivity contribution < 1.29 is 9.47 Å². The van der Waals surface area contributed by atoms with Gasteiger partial charge in [-0.15, -0.1) is 36.2 Å². The van der Waals surface area contributed by atoms with Crippen molar-refractivity contribution in [3.63, 3.8) is 0 Å². The van der Waals surface area contributed by atoms with Crippen LogP contribution in [0.1, 0.15) is 31.9 Å². The van der Waals surface area contributed by atoms with Crippen molar-refractivity contribution >= 4 is 36.2 Å². The zero-order valence-electron chi connectivity index (χ0n) is 17.5. The van der Waals surface area contributed by atoms with Crippen LogP contribution in [0.3, 0.4) is 0 Å². The summed E-state index contributed by atoms with van der Waals surface area (Å²) in [6, 6.07) is 6.04. The average molecular weight is 462 g/mol. The smallest absolute Gasteiger partial charge is 0.161 e. The van der Waals surface area contributed by atoms with E-state index >= 15 is 0 Å². The topological polar surface area (TPSA) is 46.6 Å². The quantitative estimate of drug-likeness (QED) is 0.576. The predicted octanol–water partition coefficient (Wildman–Crippen LogP) is 4.88. The van der Waals surface area contributed by atoms with Crippen molar-refractivity contribution in [2.45, 2.75) is 32.7 Å². The monoisotopic (exact) mass is 461 g/mol. The SMILES string of the molecule is CCOc1ccc(-c2nc(CN3CCC(CCNC)CC3)cs2)cc1OC.Cl.Cl. The van der Waals surface area contributed by atoms with E-state index in [1.807, 2.05) is 26.1 Å². The number of likely N-dealkylation sites (tertiary alicyclic amines) is 1. The minimum atomic E-state index is 0. The second-order valence-electron chi connectivity index (χ2n) is 7.05. The molecule has 1 saturated heterocycles. The highest BCUT2D eigenvalue weighted by Crippen LogP contribution is 2.34. The number of piperidine rings is 1. The number of hydrogen-bond donors (Lipinski definition) is 1. The minimum absolute atomic E-state index is 0. The zero-order valence-corrected chi connectivity index (χ0v) is 19.9. The van der Waals surface area contributed by atoms with Gasteiger partial charge in [-0.25, -0.2) is 4.98 Å². The van der Waals surface area contributed by atoms with Crippen LogP contribution in [-0.2, 0) is 6.54 Å². The van der Waals surface area contributed by atoms with Gasteiger partial charge in [-0.3, -0.25) is 4.90 Å². The molecule has 1 aromatic heterocycles. The third-order valence-electron chi connectivity index (χ3n) is 5.16. The van der Waals surface area contributed by atoms with Gasteiger partial charge in [-0.2, -0.15) is 0 Å². The summed E-state index contributed by atoms with van der Waals surface area (Å²) in [6.07, 6.45) is 3.90. The lowest BCUT2D eigenvalue weighted by atomic mass is 9.93. The lowest BCUT2D eigenvalue weighted by Crippen LogP contribution is -2.34. The first kappa shape index (κ1) is 26.0. The molecule has 2 aromatic rings. The summed E-state index contributed by atoms with van der Waals surface area (Å²) in [5.74, 6) is 2.41. The van der Waals surface area contributed by atoms with Gasteiger partial charge >= 0.3 is 0 Å². The molecule has 1 aliphatic rings. The fraction of sp³-hybridized carbons (Fsp3) is 0.571. The third-order valence-corrected chi connectivity index (χ3v) is 6.10. The molecule has 164 valence electrons. The molecule has 1 N–H and O–H groups in total. The van der Waals surface area contributed by atoms with E-state index in [-0.39, 0.29) is 24.8 Å². The standard InChI is InChI=1S/C21H31N3O2S.2ClH/c1-4-26-19-6-5-17(13-20(19)25-3)21-23-18(15-27-21)14-24-11-8-16(9-12-24)7-10-22-2;;/h5-6,13,15-16,22H,4,7-12,14H2,1-3H3;2*1H. The summed E-state index contributed by atoms with van der Waals surface area (Å²) in [5, 5.41) is 6.49. The third kappa shape index (κ3) is 7.30. The largest absolute Gasteiger partial charge is 0.493 e. The predicted molar refractivity (Wildman–Crippen MR) is 126 cm³/mol. The Morgan fingerprint density at radius 1 is 1.21 bits per heavy atom. The van der Waals surface area contributed by atoms with Gasteiger partial charge in [-0.05, 0) is 77.0 Å². The molecule has 0 amide bonds. The molecule has 1 aromatic carbocycles. The maximum atomic E-state index is 5.60. The lowest BCUT2D eigenvalue weighted by Gasteiger charge is -2.31. The molecule has 0 unspecified atom stereocenters. The highest BCUT2D eigenvalue weighted by Gasteiger charge is 2.19. The number of hydrogen-bond acceptors (Lipinski definition) is 6. The van der Waals surface area contributed by atoms with Crippen LogP contribution in [0.5, 0.6) is 11.5 Å². The molecule has 0 atom stereocenters. The second kappa shape index (κ2) is 13.3. The molecule has 0 radical (unpaired) electrons. The summed E-state index contributed by atoms with van der Waals surface area (Å²) in [4.78, 5) is 7.40. The number of benzene rings is 1. The fourth-order valence-electron chi connectivity index (χ4n) is 3.60. The molecule has 3 rings (SSSR count). The number of aromatic nitrogens is 1. The maximum Gasteiger partial charge on any atom is 0.161 e.